The minimum Gasteiger partial charge on any atom is -0.352 e. The molecule has 3 nitrogen and oxygen atoms in total. The molecule has 2 aliphatic carbocycles. The molecule has 0 spiro atoms. The Hall–Kier alpha value is -2.43. The van der Waals surface area contributed by atoms with Crippen molar-refractivity contribution < 1.29 is 4.79 Å². The summed E-state index contributed by atoms with van der Waals surface area (Å²) in [5.74, 6) is 1.59. The van der Waals surface area contributed by atoms with Crippen molar-refractivity contribution in [1.29, 1.82) is 0 Å². The summed E-state index contributed by atoms with van der Waals surface area (Å²) in [6.07, 6.45) is 5.97. The molecule has 1 heterocycles. The average Bonchev–Trinajstić information content (AvgIpc) is 3.72. The number of hydrogen-bond acceptors (Lipinski definition) is 2. The Morgan fingerprint density at radius 1 is 1.05 bits per heavy atom. The molecular weight excluding hydrogens is 520 g/mol. The van der Waals surface area contributed by atoms with Crippen molar-refractivity contribution >= 4 is 21.8 Å². The molecule has 3 aromatic carbocycles. The molecule has 3 atom stereocenters. The molecule has 6 rings (SSSR count). The lowest BCUT2D eigenvalue weighted by Crippen LogP contribution is -2.58. The molecule has 192 valence electrons. The Morgan fingerprint density at radius 3 is 2.62 bits per heavy atom. The van der Waals surface area contributed by atoms with Crippen molar-refractivity contribution in [3.63, 3.8) is 0 Å². The van der Waals surface area contributed by atoms with Gasteiger partial charge in [0.15, 0.2) is 0 Å². The first-order chi connectivity index (χ1) is 17.9. The van der Waals surface area contributed by atoms with E-state index in [0.29, 0.717) is 18.5 Å². The molecule has 0 aromatic heterocycles. The summed E-state index contributed by atoms with van der Waals surface area (Å²) < 4.78 is 1.08. The van der Waals surface area contributed by atoms with E-state index in [4.69, 9.17) is 0 Å². The second-order valence-corrected chi connectivity index (χ2v) is 12.7. The van der Waals surface area contributed by atoms with Gasteiger partial charge >= 0.3 is 0 Å². The molecule has 1 aliphatic heterocycles. The second kappa shape index (κ2) is 10.0. The number of fused-ring (bicyclic) bond motifs is 4. The van der Waals surface area contributed by atoms with Crippen LogP contribution in [-0.4, -0.2) is 36.5 Å². The Balaban J connectivity index is 1.09. The quantitative estimate of drug-likeness (QED) is 0.339. The maximum atomic E-state index is 13.1. The van der Waals surface area contributed by atoms with Crippen LogP contribution < -0.4 is 5.32 Å². The van der Waals surface area contributed by atoms with Gasteiger partial charge in [0.05, 0.1) is 0 Å². The number of nitrogens with zero attached hydrogens (tertiary/aromatic N) is 1. The van der Waals surface area contributed by atoms with E-state index in [-0.39, 0.29) is 11.3 Å². The fourth-order valence-electron chi connectivity index (χ4n) is 6.66. The van der Waals surface area contributed by atoms with Gasteiger partial charge in [0.25, 0.3) is 5.91 Å². The zero-order valence-electron chi connectivity index (χ0n) is 22.0. The summed E-state index contributed by atoms with van der Waals surface area (Å²) in [5.41, 5.74) is 7.46. The summed E-state index contributed by atoms with van der Waals surface area (Å²) in [5, 5.41) is 3.17. The fraction of sp³-hybridized carbons (Fsp3) is 0.424. The lowest BCUT2D eigenvalue weighted by Gasteiger charge is -2.55. The van der Waals surface area contributed by atoms with Gasteiger partial charge in [-0.15, -0.1) is 0 Å². The molecule has 1 unspecified atom stereocenters. The van der Waals surface area contributed by atoms with E-state index in [9.17, 15) is 4.79 Å². The van der Waals surface area contributed by atoms with E-state index in [1.807, 2.05) is 12.1 Å². The van der Waals surface area contributed by atoms with Gasteiger partial charge in [-0.2, -0.15) is 0 Å². The number of likely N-dealkylation sites (tertiary alicyclic amines) is 1. The van der Waals surface area contributed by atoms with Gasteiger partial charge in [0, 0.05) is 29.2 Å². The third-order valence-corrected chi connectivity index (χ3v) is 9.88. The molecule has 1 saturated heterocycles. The maximum Gasteiger partial charge on any atom is 0.251 e. The third-order valence-electron chi connectivity index (χ3n) is 9.39. The van der Waals surface area contributed by atoms with Crippen LogP contribution in [0.4, 0.5) is 0 Å². The fourth-order valence-corrected chi connectivity index (χ4v) is 7.06. The molecule has 3 aromatic rings. The normalized spacial score (nSPS) is 24.9. The number of halogens is 1. The van der Waals surface area contributed by atoms with Crippen molar-refractivity contribution in [2.45, 2.75) is 57.4 Å². The predicted molar refractivity (Wildman–Crippen MR) is 155 cm³/mol. The van der Waals surface area contributed by atoms with E-state index in [0.717, 1.165) is 28.8 Å². The highest BCUT2D eigenvalue weighted by molar-refractivity contribution is 9.10. The van der Waals surface area contributed by atoms with Crippen LogP contribution in [0.15, 0.2) is 71.2 Å². The van der Waals surface area contributed by atoms with Crippen LogP contribution in [0, 0.1) is 11.8 Å². The highest BCUT2D eigenvalue weighted by atomic mass is 79.9. The van der Waals surface area contributed by atoms with E-state index >= 15 is 0 Å². The molecule has 37 heavy (non-hydrogen) atoms. The molecule has 1 amide bonds. The van der Waals surface area contributed by atoms with Gasteiger partial charge in [0.1, 0.15) is 0 Å². The van der Waals surface area contributed by atoms with Crippen LogP contribution in [0.3, 0.4) is 0 Å². The van der Waals surface area contributed by atoms with E-state index < -0.39 is 0 Å². The molecule has 1 saturated carbocycles. The van der Waals surface area contributed by atoms with Crippen molar-refractivity contribution in [2.24, 2.45) is 11.8 Å². The standard InChI is InChI=1S/C33H37BrN2O/c1-22-31-20-27-12-13-28(19-30(27)33(22,2)15-17-36(31)21-24-6-7-24)32(37)35-16-14-23-8-10-25(11-9-23)26-4-3-5-29(34)18-26/h3-5,8-13,18-19,22,24,31H,6-7,14-17,20-21H2,1-2H3,(H,35,37)/t22-,31?,33-/m0/s1. The van der Waals surface area contributed by atoms with Gasteiger partial charge in [0.2, 0.25) is 0 Å². The lowest BCUT2D eigenvalue weighted by atomic mass is 9.59. The lowest BCUT2D eigenvalue weighted by molar-refractivity contribution is 0.0284. The number of amides is 1. The summed E-state index contributed by atoms with van der Waals surface area (Å²) in [6, 6.07) is 24.1. The first-order valence-electron chi connectivity index (χ1n) is 13.9. The number of piperidine rings is 1. The van der Waals surface area contributed by atoms with Crippen LogP contribution in [0.1, 0.15) is 60.2 Å². The van der Waals surface area contributed by atoms with Crippen molar-refractivity contribution in [1.82, 2.24) is 10.2 Å². The van der Waals surface area contributed by atoms with Gasteiger partial charge in [-0.25, -0.2) is 0 Å². The van der Waals surface area contributed by atoms with Crippen molar-refractivity contribution in [2.75, 3.05) is 19.6 Å². The average molecular weight is 558 g/mol. The van der Waals surface area contributed by atoms with E-state index in [1.54, 1.807) is 0 Å². The van der Waals surface area contributed by atoms with E-state index in [2.05, 4.69) is 94.6 Å². The first-order valence-corrected chi connectivity index (χ1v) is 14.7. The summed E-state index contributed by atoms with van der Waals surface area (Å²) in [6.45, 7) is 8.00. The van der Waals surface area contributed by atoms with Crippen molar-refractivity contribution in [3.8, 4) is 11.1 Å². The van der Waals surface area contributed by atoms with Crippen LogP contribution >= 0.6 is 15.9 Å². The zero-order valence-corrected chi connectivity index (χ0v) is 23.6. The van der Waals surface area contributed by atoms with Gasteiger partial charge in [-0.05, 0) is 108 Å². The second-order valence-electron chi connectivity index (χ2n) is 11.8. The summed E-state index contributed by atoms with van der Waals surface area (Å²) in [7, 11) is 0. The smallest absolute Gasteiger partial charge is 0.251 e. The maximum absolute atomic E-state index is 13.1. The number of hydrogen-bond donors (Lipinski definition) is 1. The Bertz CT molecular complexity index is 1300. The Morgan fingerprint density at radius 2 is 1.86 bits per heavy atom. The van der Waals surface area contributed by atoms with Crippen LogP contribution in [0.25, 0.3) is 11.1 Å². The molecule has 2 fully saturated rings. The van der Waals surface area contributed by atoms with Gasteiger partial charge < -0.3 is 5.32 Å². The van der Waals surface area contributed by atoms with Crippen LogP contribution in [0.2, 0.25) is 0 Å². The molecular formula is C33H37BrN2O. The molecule has 3 aliphatic rings. The van der Waals surface area contributed by atoms with Gasteiger partial charge in [-0.3, -0.25) is 9.69 Å². The summed E-state index contributed by atoms with van der Waals surface area (Å²) in [4.78, 5) is 15.9. The minimum absolute atomic E-state index is 0.0399. The summed E-state index contributed by atoms with van der Waals surface area (Å²) >= 11 is 3.55. The van der Waals surface area contributed by atoms with E-state index in [1.165, 1.54) is 60.2 Å². The number of carbonyl (C=O) groups excluding carboxylic acids is 1. The third kappa shape index (κ3) is 5.03. The topological polar surface area (TPSA) is 32.3 Å². The highest BCUT2D eigenvalue weighted by Gasteiger charge is 2.49. The Kier molecular flexibility index (Phi) is 6.75. The number of carbonyl (C=O) groups is 1. The first kappa shape index (κ1) is 24.9. The van der Waals surface area contributed by atoms with Crippen molar-refractivity contribution in [3.05, 3.63) is 93.5 Å². The van der Waals surface area contributed by atoms with Crippen LogP contribution in [-0.2, 0) is 18.3 Å². The largest absolute Gasteiger partial charge is 0.352 e. The monoisotopic (exact) mass is 556 g/mol. The van der Waals surface area contributed by atoms with Gasteiger partial charge in [-0.1, -0.05) is 72.2 Å². The molecule has 1 N–H and O–H groups in total. The SMILES string of the molecule is C[C@H]1C2Cc3ccc(C(=O)NCCc4ccc(-c5cccc(Br)c5)cc4)cc3[C@@]1(C)CCN2CC1CC1. The van der Waals surface area contributed by atoms with Crippen LogP contribution in [0.5, 0.6) is 0 Å². The number of benzene rings is 3. The molecule has 0 radical (unpaired) electrons. The number of nitrogens with one attached hydrogen (secondary N) is 1. The zero-order chi connectivity index (χ0) is 25.6. The number of rotatable bonds is 7. The molecule has 4 heteroatoms. The minimum atomic E-state index is 0.0399. The predicted octanol–water partition coefficient (Wildman–Crippen LogP) is 7.02. The highest BCUT2D eigenvalue weighted by Crippen LogP contribution is 2.49. The Labute approximate surface area is 229 Å². The molecule has 2 bridgehead atoms.